The van der Waals surface area contributed by atoms with Crippen molar-refractivity contribution in [2.24, 2.45) is 5.92 Å². The van der Waals surface area contributed by atoms with E-state index in [-0.39, 0.29) is 5.91 Å². The van der Waals surface area contributed by atoms with Crippen molar-refractivity contribution in [2.45, 2.75) is 58.8 Å². The van der Waals surface area contributed by atoms with E-state index in [1.165, 1.54) is 56.8 Å². The molecule has 2 nitrogen and oxygen atoms in total. The number of amides is 1. The van der Waals surface area contributed by atoms with Gasteiger partial charge in [0.25, 0.3) is 0 Å². The second-order valence-electron chi connectivity index (χ2n) is 5.44. The molecular formula is C16H31NOS2. The molecule has 0 unspecified atom stereocenters. The van der Waals surface area contributed by atoms with Crippen molar-refractivity contribution in [1.29, 1.82) is 0 Å². The molecule has 1 N–H and O–H groups in total. The fraction of sp³-hybridized carbons (Fsp3) is 0.812. The van der Waals surface area contributed by atoms with Crippen molar-refractivity contribution < 1.29 is 4.79 Å². The molecule has 0 atom stereocenters. The third-order valence-electron chi connectivity index (χ3n) is 3.01. The van der Waals surface area contributed by atoms with Crippen molar-refractivity contribution in [3.8, 4) is 0 Å². The number of carbonyl (C=O) groups is 1. The van der Waals surface area contributed by atoms with Gasteiger partial charge in [-0.1, -0.05) is 80.5 Å². The number of nitrogens with one attached hydrogen (secondary N) is 1. The van der Waals surface area contributed by atoms with Gasteiger partial charge in [-0.05, 0) is 18.4 Å². The molecule has 118 valence electrons. The molecule has 0 spiro atoms. The molecule has 0 aliphatic carbocycles. The maximum atomic E-state index is 10.9. The fourth-order valence-corrected chi connectivity index (χ4v) is 3.88. The van der Waals surface area contributed by atoms with Gasteiger partial charge in [0, 0.05) is 18.1 Å². The van der Waals surface area contributed by atoms with Crippen LogP contribution < -0.4 is 5.32 Å². The summed E-state index contributed by atoms with van der Waals surface area (Å²) in [5.41, 5.74) is 0. The Morgan fingerprint density at radius 3 is 2.30 bits per heavy atom. The summed E-state index contributed by atoms with van der Waals surface area (Å²) < 4.78 is 0. The molecule has 0 fully saturated rings. The zero-order chi connectivity index (χ0) is 15.1. The predicted octanol–water partition coefficient (Wildman–Crippen LogP) is 5.06. The maximum absolute atomic E-state index is 10.9. The first-order chi connectivity index (χ1) is 9.66. The zero-order valence-corrected chi connectivity index (χ0v) is 14.8. The Labute approximate surface area is 133 Å². The van der Waals surface area contributed by atoms with Gasteiger partial charge in [-0.25, -0.2) is 0 Å². The summed E-state index contributed by atoms with van der Waals surface area (Å²) in [6.07, 6.45) is 11.0. The van der Waals surface area contributed by atoms with E-state index in [0.717, 1.165) is 18.2 Å². The first kappa shape index (κ1) is 19.9. The van der Waals surface area contributed by atoms with Crippen molar-refractivity contribution in [3.05, 3.63) is 12.7 Å². The average Bonchev–Trinajstić information content (AvgIpc) is 2.43. The third kappa shape index (κ3) is 16.0. The molecule has 0 aliphatic rings. The molecule has 0 saturated heterocycles. The van der Waals surface area contributed by atoms with Crippen molar-refractivity contribution >= 4 is 27.5 Å². The van der Waals surface area contributed by atoms with Gasteiger partial charge in [0.2, 0.25) is 5.91 Å². The van der Waals surface area contributed by atoms with E-state index in [1.807, 2.05) is 21.6 Å². The Morgan fingerprint density at radius 1 is 1.05 bits per heavy atom. The van der Waals surface area contributed by atoms with Gasteiger partial charge in [0.15, 0.2) is 0 Å². The van der Waals surface area contributed by atoms with Gasteiger partial charge in [-0.3, -0.25) is 4.79 Å². The van der Waals surface area contributed by atoms with Crippen LogP contribution in [0.2, 0.25) is 0 Å². The fourth-order valence-electron chi connectivity index (χ4n) is 1.83. The van der Waals surface area contributed by atoms with Crippen molar-refractivity contribution in [1.82, 2.24) is 5.32 Å². The van der Waals surface area contributed by atoms with Crippen molar-refractivity contribution in [3.63, 3.8) is 0 Å². The van der Waals surface area contributed by atoms with Crippen LogP contribution in [0.25, 0.3) is 0 Å². The van der Waals surface area contributed by atoms with E-state index in [0.29, 0.717) is 0 Å². The van der Waals surface area contributed by atoms with E-state index in [9.17, 15) is 4.79 Å². The Hall–Kier alpha value is -0.0900. The molecule has 0 aromatic heterocycles. The summed E-state index contributed by atoms with van der Waals surface area (Å²) >= 11 is 0. The highest BCUT2D eigenvalue weighted by Crippen LogP contribution is 2.22. The highest BCUT2D eigenvalue weighted by atomic mass is 33.1. The van der Waals surface area contributed by atoms with Crippen LogP contribution in [0.4, 0.5) is 0 Å². The van der Waals surface area contributed by atoms with Crippen LogP contribution in [-0.2, 0) is 4.79 Å². The van der Waals surface area contributed by atoms with E-state index >= 15 is 0 Å². The van der Waals surface area contributed by atoms with Crippen molar-refractivity contribution in [2.75, 3.05) is 18.1 Å². The number of carbonyl (C=O) groups excluding carboxylic acids is 1. The average molecular weight is 318 g/mol. The largest absolute Gasteiger partial charge is 0.352 e. The number of rotatable bonds is 14. The van der Waals surface area contributed by atoms with E-state index in [1.54, 1.807) is 0 Å². The molecular weight excluding hydrogens is 286 g/mol. The molecule has 1 amide bonds. The third-order valence-corrected chi connectivity index (χ3v) is 5.51. The Balaban J connectivity index is 3.03. The van der Waals surface area contributed by atoms with Gasteiger partial charge in [0.1, 0.15) is 0 Å². The lowest BCUT2D eigenvalue weighted by atomic mass is 10.0. The molecule has 0 bridgehead atoms. The molecule has 0 rings (SSSR count). The van der Waals surface area contributed by atoms with Gasteiger partial charge >= 0.3 is 0 Å². The molecule has 0 radical (unpaired) electrons. The van der Waals surface area contributed by atoms with Crippen LogP contribution in [-0.4, -0.2) is 24.0 Å². The van der Waals surface area contributed by atoms with Gasteiger partial charge in [-0.2, -0.15) is 0 Å². The first-order valence-electron chi connectivity index (χ1n) is 7.81. The van der Waals surface area contributed by atoms with Crippen LogP contribution in [0.1, 0.15) is 58.8 Å². The summed E-state index contributed by atoms with van der Waals surface area (Å²) in [5, 5.41) is 2.78. The summed E-state index contributed by atoms with van der Waals surface area (Å²) in [6.45, 7) is 8.76. The second-order valence-corrected chi connectivity index (χ2v) is 8.15. The molecule has 0 aliphatic heterocycles. The lowest BCUT2D eigenvalue weighted by molar-refractivity contribution is -0.116. The van der Waals surface area contributed by atoms with E-state index in [4.69, 9.17) is 0 Å². The minimum atomic E-state index is -0.0759. The zero-order valence-electron chi connectivity index (χ0n) is 13.2. The van der Waals surface area contributed by atoms with Gasteiger partial charge in [-0.15, -0.1) is 0 Å². The predicted molar refractivity (Wildman–Crippen MR) is 95.3 cm³/mol. The number of unbranched alkanes of at least 4 members (excludes halogenated alkanes) is 5. The topological polar surface area (TPSA) is 29.1 Å². The highest BCUT2D eigenvalue weighted by Gasteiger charge is 1.96. The van der Waals surface area contributed by atoms with Crippen LogP contribution in [0.5, 0.6) is 0 Å². The SMILES string of the molecule is C=CC(=O)NCCSSCCCCCCCCC(C)C. The first-order valence-corrected chi connectivity index (χ1v) is 10.3. The number of hydrogen-bond donors (Lipinski definition) is 1. The summed E-state index contributed by atoms with van der Waals surface area (Å²) in [6, 6.07) is 0. The van der Waals surface area contributed by atoms with Crippen LogP contribution in [0.3, 0.4) is 0 Å². The standard InChI is InChI=1S/C16H31NOS2/c1-4-16(18)17-12-14-20-19-13-10-8-6-5-7-9-11-15(2)3/h4,15H,1,5-14H2,2-3H3,(H,17,18). The van der Waals surface area contributed by atoms with E-state index < -0.39 is 0 Å². The van der Waals surface area contributed by atoms with Crippen LogP contribution in [0.15, 0.2) is 12.7 Å². The summed E-state index contributed by atoms with van der Waals surface area (Å²) in [5.74, 6) is 2.98. The lowest BCUT2D eigenvalue weighted by Gasteiger charge is -2.04. The van der Waals surface area contributed by atoms with E-state index in [2.05, 4.69) is 25.7 Å². The monoisotopic (exact) mass is 317 g/mol. The minimum absolute atomic E-state index is 0.0759. The molecule has 0 aromatic rings. The second kappa shape index (κ2) is 15.3. The molecule has 0 heterocycles. The molecule has 20 heavy (non-hydrogen) atoms. The summed E-state index contributed by atoms with van der Waals surface area (Å²) in [4.78, 5) is 10.9. The molecule has 4 heteroatoms. The number of hydrogen-bond acceptors (Lipinski definition) is 3. The molecule has 0 aromatic carbocycles. The minimum Gasteiger partial charge on any atom is -0.352 e. The quantitative estimate of drug-likeness (QED) is 0.276. The van der Waals surface area contributed by atoms with Gasteiger partial charge in [0.05, 0.1) is 0 Å². The Morgan fingerprint density at radius 2 is 1.65 bits per heavy atom. The molecule has 0 saturated carbocycles. The Kier molecular flexibility index (Phi) is 15.2. The van der Waals surface area contributed by atoms with Crippen LogP contribution >= 0.6 is 21.6 Å². The van der Waals surface area contributed by atoms with Gasteiger partial charge < -0.3 is 5.32 Å². The smallest absolute Gasteiger partial charge is 0.243 e. The normalized spacial score (nSPS) is 10.8. The lowest BCUT2D eigenvalue weighted by Crippen LogP contribution is -2.23. The highest BCUT2D eigenvalue weighted by molar-refractivity contribution is 8.76. The summed E-state index contributed by atoms with van der Waals surface area (Å²) in [7, 11) is 3.77. The maximum Gasteiger partial charge on any atom is 0.243 e. The van der Waals surface area contributed by atoms with Crippen LogP contribution in [0, 0.1) is 5.92 Å². The Bertz CT molecular complexity index is 245.